The summed E-state index contributed by atoms with van der Waals surface area (Å²) >= 11 is 0. The average molecular weight is 196 g/mol. The Morgan fingerprint density at radius 3 is 2.71 bits per heavy atom. The first-order chi connectivity index (χ1) is 6.54. The Bertz CT molecular complexity index is 369. The number of aryl methyl sites for hydroxylation is 2. The van der Waals surface area contributed by atoms with Crippen LogP contribution in [0.5, 0.6) is 0 Å². The Hall–Kier alpha value is -1.85. The van der Waals surface area contributed by atoms with Gasteiger partial charge >= 0.3 is 6.03 Å². The Labute approximate surface area is 81.1 Å². The third-order valence-corrected chi connectivity index (χ3v) is 1.76. The minimum Gasteiger partial charge on any atom is -0.351 e. The maximum atomic E-state index is 11.3. The second-order valence-electron chi connectivity index (χ2n) is 2.82. The normalized spacial score (nSPS) is 9.86. The standard InChI is InChI=1S/C8H12N4O2/c1-3-5-4-6(12(2)11-5)7(13)10-8(9)14/h4H,3H2,1-2H3,(H3,9,10,13,14). The van der Waals surface area contributed by atoms with Crippen LogP contribution in [-0.2, 0) is 13.5 Å². The summed E-state index contributed by atoms with van der Waals surface area (Å²) in [5.41, 5.74) is 5.93. The summed E-state index contributed by atoms with van der Waals surface area (Å²) in [6, 6.07) is 0.757. The van der Waals surface area contributed by atoms with Gasteiger partial charge in [0.15, 0.2) is 0 Å². The monoisotopic (exact) mass is 196 g/mol. The van der Waals surface area contributed by atoms with Crippen molar-refractivity contribution < 1.29 is 9.59 Å². The zero-order valence-corrected chi connectivity index (χ0v) is 8.07. The number of carbonyl (C=O) groups excluding carboxylic acids is 2. The number of nitrogens with two attached hydrogens (primary N) is 1. The molecule has 0 aliphatic rings. The van der Waals surface area contributed by atoms with Gasteiger partial charge in [0.25, 0.3) is 5.91 Å². The first-order valence-corrected chi connectivity index (χ1v) is 4.18. The number of primary amides is 1. The van der Waals surface area contributed by atoms with Crippen molar-refractivity contribution in [3.05, 3.63) is 17.5 Å². The fourth-order valence-electron chi connectivity index (χ4n) is 1.09. The van der Waals surface area contributed by atoms with Crippen LogP contribution in [0.1, 0.15) is 23.1 Å². The van der Waals surface area contributed by atoms with E-state index in [1.165, 1.54) is 4.68 Å². The van der Waals surface area contributed by atoms with Crippen molar-refractivity contribution in [3.63, 3.8) is 0 Å². The van der Waals surface area contributed by atoms with Gasteiger partial charge in [0, 0.05) is 7.05 Å². The van der Waals surface area contributed by atoms with Crippen molar-refractivity contribution >= 4 is 11.9 Å². The van der Waals surface area contributed by atoms with Gasteiger partial charge in [-0.3, -0.25) is 14.8 Å². The van der Waals surface area contributed by atoms with Crippen LogP contribution in [-0.4, -0.2) is 21.7 Å². The van der Waals surface area contributed by atoms with Crippen LogP contribution < -0.4 is 11.1 Å². The minimum atomic E-state index is -0.866. The molecule has 76 valence electrons. The molecular formula is C8H12N4O2. The van der Waals surface area contributed by atoms with Crippen molar-refractivity contribution in [2.45, 2.75) is 13.3 Å². The van der Waals surface area contributed by atoms with E-state index in [9.17, 15) is 9.59 Å². The zero-order chi connectivity index (χ0) is 10.7. The van der Waals surface area contributed by atoms with Gasteiger partial charge in [0.05, 0.1) is 5.69 Å². The molecular weight excluding hydrogens is 184 g/mol. The van der Waals surface area contributed by atoms with E-state index in [1.807, 2.05) is 12.2 Å². The Kier molecular flexibility index (Phi) is 2.85. The first kappa shape index (κ1) is 10.2. The number of imide groups is 1. The number of nitrogens with zero attached hydrogens (tertiary/aromatic N) is 2. The Morgan fingerprint density at radius 2 is 2.29 bits per heavy atom. The molecule has 0 aliphatic carbocycles. The van der Waals surface area contributed by atoms with Crippen LogP contribution in [0.3, 0.4) is 0 Å². The number of amides is 3. The molecule has 1 aromatic heterocycles. The van der Waals surface area contributed by atoms with Gasteiger partial charge in [-0.2, -0.15) is 5.10 Å². The molecule has 0 spiro atoms. The number of urea groups is 1. The van der Waals surface area contributed by atoms with Crippen LogP contribution in [0.15, 0.2) is 6.07 Å². The highest BCUT2D eigenvalue weighted by atomic mass is 16.2. The Balaban J connectivity index is 2.89. The second-order valence-corrected chi connectivity index (χ2v) is 2.82. The zero-order valence-electron chi connectivity index (χ0n) is 8.07. The maximum Gasteiger partial charge on any atom is 0.319 e. The van der Waals surface area contributed by atoms with E-state index in [1.54, 1.807) is 13.1 Å². The first-order valence-electron chi connectivity index (χ1n) is 4.18. The van der Waals surface area contributed by atoms with Crippen molar-refractivity contribution in [2.75, 3.05) is 0 Å². The van der Waals surface area contributed by atoms with Gasteiger partial charge in [-0.05, 0) is 12.5 Å². The van der Waals surface area contributed by atoms with E-state index in [4.69, 9.17) is 5.73 Å². The lowest BCUT2D eigenvalue weighted by molar-refractivity contribution is 0.0957. The summed E-state index contributed by atoms with van der Waals surface area (Å²) in [4.78, 5) is 21.8. The SMILES string of the molecule is CCc1cc(C(=O)NC(N)=O)n(C)n1. The van der Waals surface area contributed by atoms with E-state index in [0.717, 1.165) is 12.1 Å². The molecule has 3 N–H and O–H groups in total. The molecule has 6 heteroatoms. The lowest BCUT2D eigenvalue weighted by Gasteiger charge is -1.99. The summed E-state index contributed by atoms with van der Waals surface area (Å²) in [6.45, 7) is 1.93. The molecule has 0 aliphatic heterocycles. The number of rotatable bonds is 2. The highest BCUT2D eigenvalue weighted by Gasteiger charge is 2.13. The summed E-state index contributed by atoms with van der Waals surface area (Å²) < 4.78 is 1.41. The molecule has 1 heterocycles. The molecule has 0 aromatic carbocycles. The molecule has 0 unspecified atom stereocenters. The van der Waals surface area contributed by atoms with Gasteiger partial charge in [-0.1, -0.05) is 6.92 Å². The predicted molar refractivity (Wildman–Crippen MR) is 49.6 cm³/mol. The molecule has 0 bridgehead atoms. The van der Waals surface area contributed by atoms with Crippen LogP contribution >= 0.6 is 0 Å². The number of aromatic nitrogens is 2. The molecule has 14 heavy (non-hydrogen) atoms. The molecule has 0 atom stereocenters. The summed E-state index contributed by atoms with van der Waals surface area (Å²) in [6.07, 6.45) is 0.734. The molecule has 0 fully saturated rings. The third-order valence-electron chi connectivity index (χ3n) is 1.76. The smallest absolute Gasteiger partial charge is 0.319 e. The van der Waals surface area contributed by atoms with Gasteiger partial charge in [0.2, 0.25) is 0 Å². The summed E-state index contributed by atoms with van der Waals surface area (Å²) in [5.74, 6) is -0.535. The van der Waals surface area contributed by atoms with Crippen LogP contribution in [0.4, 0.5) is 4.79 Å². The Morgan fingerprint density at radius 1 is 1.64 bits per heavy atom. The number of carbonyl (C=O) groups is 2. The van der Waals surface area contributed by atoms with E-state index in [0.29, 0.717) is 5.69 Å². The van der Waals surface area contributed by atoms with E-state index in [2.05, 4.69) is 5.10 Å². The predicted octanol–water partition coefficient (Wildman–Crippen LogP) is -0.209. The fraction of sp³-hybridized carbons (Fsp3) is 0.375. The molecule has 1 aromatic rings. The molecule has 0 radical (unpaired) electrons. The van der Waals surface area contributed by atoms with E-state index >= 15 is 0 Å². The van der Waals surface area contributed by atoms with E-state index < -0.39 is 11.9 Å². The fourth-order valence-corrected chi connectivity index (χ4v) is 1.09. The quantitative estimate of drug-likeness (QED) is 0.685. The highest BCUT2D eigenvalue weighted by molar-refractivity contribution is 6.02. The topological polar surface area (TPSA) is 90.0 Å². The minimum absolute atomic E-state index is 0.320. The van der Waals surface area contributed by atoms with Gasteiger partial charge in [-0.15, -0.1) is 0 Å². The number of hydrogen-bond donors (Lipinski definition) is 2. The maximum absolute atomic E-state index is 11.3. The van der Waals surface area contributed by atoms with Crippen LogP contribution in [0.25, 0.3) is 0 Å². The van der Waals surface area contributed by atoms with Crippen LogP contribution in [0.2, 0.25) is 0 Å². The van der Waals surface area contributed by atoms with Crippen LogP contribution in [0, 0.1) is 0 Å². The van der Waals surface area contributed by atoms with Gasteiger partial charge in [-0.25, -0.2) is 4.79 Å². The third kappa shape index (κ3) is 2.09. The summed E-state index contributed by atoms with van der Waals surface area (Å²) in [7, 11) is 1.63. The molecule has 0 saturated heterocycles. The van der Waals surface area contributed by atoms with Gasteiger partial charge in [0.1, 0.15) is 5.69 Å². The lowest BCUT2D eigenvalue weighted by Crippen LogP contribution is -2.35. The summed E-state index contributed by atoms with van der Waals surface area (Å²) in [5, 5.41) is 6.04. The molecule has 1 rings (SSSR count). The van der Waals surface area contributed by atoms with Gasteiger partial charge < -0.3 is 5.73 Å². The lowest BCUT2D eigenvalue weighted by atomic mass is 10.3. The van der Waals surface area contributed by atoms with Crippen molar-refractivity contribution in [3.8, 4) is 0 Å². The van der Waals surface area contributed by atoms with Crippen molar-refractivity contribution in [2.24, 2.45) is 12.8 Å². The number of hydrogen-bond acceptors (Lipinski definition) is 3. The van der Waals surface area contributed by atoms with Crippen molar-refractivity contribution in [1.29, 1.82) is 0 Å². The largest absolute Gasteiger partial charge is 0.351 e. The molecule has 0 saturated carbocycles. The van der Waals surface area contributed by atoms with E-state index in [-0.39, 0.29) is 0 Å². The highest BCUT2D eigenvalue weighted by Crippen LogP contribution is 2.03. The molecule has 3 amide bonds. The molecule has 6 nitrogen and oxygen atoms in total. The average Bonchev–Trinajstić information content (AvgIpc) is 2.45. The number of nitrogens with one attached hydrogen (secondary N) is 1. The van der Waals surface area contributed by atoms with Crippen molar-refractivity contribution in [1.82, 2.24) is 15.1 Å². The second kappa shape index (κ2) is 3.91.